The number of nitrogens with one attached hydrogen (secondary N) is 1. The van der Waals surface area contributed by atoms with Crippen LogP contribution in [0.2, 0.25) is 0 Å². The van der Waals surface area contributed by atoms with E-state index in [2.05, 4.69) is 12.2 Å². The van der Waals surface area contributed by atoms with Crippen LogP contribution in [0.5, 0.6) is 0 Å². The highest BCUT2D eigenvalue weighted by molar-refractivity contribution is 4.72. The minimum absolute atomic E-state index is 0.146. The molecule has 0 bridgehead atoms. The van der Waals surface area contributed by atoms with Crippen LogP contribution in [0.25, 0.3) is 0 Å². The van der Waals surface area contributed by atoms with Crippen molar-refractivity contribution in [1.82, 2.24) is 5.32 Å². The standard InChI is InChI=1S/C12H25NO2/c1-3-11(14)6-7-13-10(2)9-12-5-4-8-15-12/h10-14H,3-9H2,1-2H3. The monoisotopic (exact) mass is 215 g/mol. The number of hydrogen-bond donors (Lipinski definition) is 2. The fourth-order valence-electron chi connectivity index (χ4n) is 2.01. The third kappa shape index (κ3) is 5.50. The highest BCUT2D eigenvalue weighted by atomic mass is 16.5. The summed E-state index contributed by atoms with van der Waals surface area (Å²) in [5.41, 5.74) is 0. The third-order valence-electron chi connectivity index (χ3n) is 3.08. The zero-order valence-corrected chi connectivity index (χ0v) is 10.0. The molecule has 1 saturated heterocycles. The molecule has 3 nitrogen and oxygen atoms in total. The Balaban J connectivity index is 2.00. The van der Waals surface area contributed by atoms with Gasteiger partial charge in [-0.1, -0.05) is 6.92 Å². The minimum atomic E-state index is -0.146. The van der Waals surface area contributed by atoms with E-state index >= 15 is 0 Å². The first-order valence-electron chi connectivity index (χ1n) is 6.25. The Bertz CT molecular complexity index is 158. The predicted octanol–water partition coefficient (Wildman–Crippen LogP) is 1.69. The Morgan fingerprint density at radius 1 is 1.53 bits per heavy atom. The summed E-state index contributed by atoms with van der Waals surface area (Å²) in [4.78, 5) is 0. The summed E-state index contributed by atoms with van der Waals surface area (Å²) in [7, 11) is 0. The van der Waals surface area contributed by atoms with Crippen molar-refractivity contribution in [3.63, 3.8) is 0 Å². The van der Waals surface area contributed by atoms with Crippen molar-refractivity contribution >= 4 is 0 Å². The maximum atomic E-state index is 9.39. The molecule has 1 aliphatic heterocycles. The highest BCUT2D eigenvalue weighted by Gasteiger charge is 2.17. The summed E-state index contributed by atoms with van der Waals surface area (Å²) in [6.45, 7) is 6.05. The highest BCUT2D eigenvalue weighted by Crippen LogP contribution is 2.16. The second kappa shape index (κ2) is 7.20. The maximum absolute atomic E-state index is 9.39. The molecule has 0 aromatic heterocycles. The van der Waals surface area contributed by atoms with Gasteiger partial charge in [0.25, 0.3) is 0 Å². The van der Waals surface area contributed by atoms with Gasteiger partial charge in [0.1, 0.15) is 0 Å². The Hall–Kier alpha value is -0.120. The Kier molecular flexibility index (Phi) is 6.22. The van der Waals surface area contributed by atoms with Crippen molar-refractivity contribution in [1.29, 1.82) is 0 Å². The summed E-state index contributed by atoms with van der Waals surface area (Å²) in [6.07, 6.45) is 5.54. The maximum Gasteiger partial charge on any atom is 0.0590 e. The molecule has 1 aliphatic rings. The SMILES string of the molecule is CCC(O)CCNC(C)CC1CCCO1. The van der Waals surface area contributed by atoms with Crippen LogP contribution in [-0.4, -0.2) is 36.5 Å². The minimum Gasteiger partial charge on any atom is -0.393 e. The van der Waals surface area contributed by atoms with Gasteiger partial charge < -0.3 is 15.2 Å². The van der Waals surface area contributed by atoms with E-state index in [-0.39, 0.29) is 6.10 Å². The topological polar surface area (TPSA) is 41.5 Å². The van der Waals surface area contributed by atoms with E-state index in [0.29, 0.717) is 12.1 Å². The number of rotatable bonds is 7. The lowest BCUT2D eigenvalue weighted by molar-refractivity contribution is 0.0953. The quantitative estimate of drug-likeness (QED) is 0.679. The summed E-state index contributed by atoms with van der Waals surface area (Å²) in [6, 6.07) is 0.497. The summed E-state index contributed by atoms with van der Waals surface area (Å²) in [5.74, 6) is 0. The van der Waals surface area contributed by atoms with Crippen LogP contribution in [0.15, 0.2) is 0 Å². The van der Waals surface area contributed by atoms with Gasteiger partial charge in [-0.25, -0.2) is 0 Å². The first kappa shape index (κ1) is 12.9. The van der Waals surface area contributed by atoms with Crippen molar-refractivity contribution in [2.24, 2.45) is 0 Å². The Morgan fingerprint density at radius 3 is 2.93 bits per heavy atom. The zero-order valence-electron chi connectivity index (χ0n) is 10.0. The van der Waals surface area contributed by atoms with Crippen LogP contribution in [-0.2, 0) is 4.74 Å². The molecule has 0 aromatic carbocycles. The van der Waals surface area contributed by atoms with Gasteiger partial charge in [-0.05, 0) is 45.6 Å². The van der Waals surface area contributed by atoms with E-state index in [0.717, 1.165) is 32.4 Å². The molecule has 15 heavy (non-hydrogen) atoms. The van der Waals surface area contributed by atoms with E-state index in [1.54, 1.807) is 0 Å². The molecule has 1 heterocycles. The summed E-state index contributed by atoms with van der Waals surface area (Å²) < 4.78 is 5.58. The molecule has 0 aliphatic carbocycles. The van der Waals surface area contributed by atoms with Crippen molar-refractivity contribution in [3.05, 3.63) is 0 Å². The third-order valence-corrected chi connectivity index (χ3v) is 3.08. The van der Waals surface area contributed by atoms with Crippen molar-refractivity contribution in [2.75, 3.05) is 13.2 Å². The lowest BCUT2D eigenvalue weighted by atomic mass is 10.1. The first-order valence-corrected chi connectivity index (χ1v) is 6.25. The Morgan fingerprint density at radius 2 is 2.33 bits per heavy atom. The lowest BCUT2D eigenvalue weighted by Crippen LogP contribution is -2.32. The molecule has 0 spiro atoms. The molecule has 3 atom stereocenters. The summed E-state index contributed by atoms with van der Waals surface area (Å²) in [5, 5.41) is 12.8. The normalized spacial score (nSPS) is 25.4. The Labute approximate surface area is 93.2 Å². The molecule has 1 rings (SSSR count). The van der Waals surface area contributed by atoms with E-state index in [1.807, 2.05) is 6.92 Å². The van der Waals surface area contributed by atoms with Crippen LogP contribution in [0.4, 0.5) is 0 Å². The molecule has 0 amide bonds. The molecule has 0 radical (unpaired) electrons. The van der Waals surface area contributed by atoms with Gasteiger partial charge in [0.05, 0.1) is 12.2 Å². The smallest absolute Gasteiger partial charge is 0.0590 e. The molecular weight excluding hydrogens is 190 g/mol. The molecule has 90 valence electrons. The largest absolute Gasteiger partial charge is 0.393 e. The van der Waals surface area contributed by atoms with Gasteiger partial charge in [-0.3, -0.25) is 0 Å². The van der Waals surface area contributed by atoms with Crippen LogP contribution in [0.1, 0.15) is 46.0 Å². The second-order valence-electron chi connectivity index (χ2n) is 4.58. The lowest BCUT2D eigenvalue weighted by Gasteiger charge is -2.18. The molecule has 3 unspecified atom stereocenters. The van der Waals surface area contributed by atoms with Crippen LogP contribution in [0.3, 0.4) is 0 Å². The van der Waals surface area contributed by atoms with E-state index in [9.17, 15) is 5.11 Å². The number of ether oxygens (including phenoxy) is 1. The number of hydrogen-bond acceptors (Lipinski definition) is 3. The number of aliphatic hydroxyl groups is 1. The molecule has 2 N–H and O–H groups in total. The zero-order chi connectivity index (χ0) is 11.1. The second-order valence-corrected chi connectivity index (χ2v) is 4.58. The van der Waals surface area contributed by atoms with Crippen LogP contribution >= 0.6 is 0 Å². The fourth-order valence-corrected chi connectivity index (χ4v) is 2.01. The predicted molar refractivity (Wildman–Crippen MR) is 62.0 cm³/mol. The fraction of sp³-hybridized carbons (Fsp3) is 1.00. The molecule has 0 saturated carbocycles. The van der Waals surface area contributed by atoms with Gasteiger partial charge >= 0.3 is 0 Å². The van der Waals surface area contributed by atoms with Crippen molar-refractivity contribution in [2.45, 2.75) is 64.2 Å². The molecule has 1 fully saturated rings. The van der Waals surface area contributed by atoms with Gasteiger partial charge in [0.2, 0.25) is 0 Å². The number of aliphatic hydroxyl groups excluding tert-OH is 1. The van der Waals surface area contributed by atoms with Gasteiger partial charge in [0.15, 0.2) is 0 Å². The van der Waals surface area contributed by atoms with Gasteiger partial charge in [-0.2, -0.15) is 0 Å². The first-order chi connectivity index (χ1) is 7.22. The van der Waals surface area contributed by atoms with E-state index in [4.69, 9.17) is 4.74 Å². The molecular formula is C12H25NO2. The molecule has 0 aromatic rings. The van der Waals surface area contributed by atoms with Crippen LogP contribution in [0, 0.1) is 0 Å². The van der Waals surface area contributed by atoms with Gasteiger partial charge in [0, 0.05) is 12.6 Å². The van der Waals surface area contributed by atoms with Crippen molar-refractivity contribution < 1.29 is 9.84 Å². The van der Waals surface area contributed by atoms with Crippen molar-refractivity contribution in [3.8, 4) is 0 Å². The van der Waals surface area contributed by atoms with E-state index in [1.165, 1.54) is 12.8 Å². The van der Waals surface area contributed by atoms with Gasteiger partial charge in [-0.15, -0.1) is 0 Å². The average molecular weight is 215 g/mol. The average Bonchev–Trinajstić information content (AvgIpc) is 2.70. The molecule has 3 heteroatoms. The van der Waals surface area contributed by atoms with Crippen LogP contribution < -0.4 is 5.32 Å². The van der Waals surface area contributed by atoms with E-state index < -0.39 is 0 Å². The summed E-state index contributed by atoms with van der Waals surface area (Å²) >= 11 is 0.